The Kier molecular flexibility index (Phi) is 11.1. The summed E-state index contributed by atoms with van der Waals surface area (Å²) in [7, 11) is -4.55. The zero-order valence-electron chi connectivity index (χ0n) is 24.0. The molecular formula is C30H32Cl2F3N3O4S. The van der Waals surface area contributed by atoms with Crippen LogP contribution in [0.4, 0.5) is 18.9 Å². The van der Waals surface area contributed by atoms with Crippen LogP contribution in [0.5, 0.6) is 0 Å². The van der Waals surface area contributed by atoms with E-state index in [2.05, 4.69) is 5.32 Å². The van der Waals surface area contributed by atoms with Gasteiger partial charge in [0.25, 0.3) is 10.0 Å². The number of amides is 2. The van der Waals surface area contributed by atoms with Gasteiger partial charge in [0, 0.05) is 28.7 Å². The molecule has 43 heavy (non-hydrogen) atoms. The average Bonchev–Trinajstić information content (AvgIpc) is 2.93. The fourth-order valence-electron chi connectivity index (χ4n) is 4.09. The van der Waals surface area contributed by atoms with Gasteiger partial charge in [-0.3, -0.25) is 13.9 Å². The van der Waals surface area contributed by atoms with Gasteiger partial charge in [0.1, 0.15) is 12.6 Å². The molecule has 0 heterocycles. The van der Waals surface area contributed by atoms with Gasteiger partial charge in [0.15, 0.2) is 0 Å². The van der Waals surface area contributed by atoms with E-state index in [0.29, 0.717) is 22.5 Å². The van der Waals surface area contributed by atoms with E-state index in [1.807, 2.05) is 13.8 Å². The number of benzene rings is 3. The summed E-state index contributed by atoms with van der Waals surface area (Å²) >= 11 is 12.7. The number of nitrogens with one attached hydrogen (secondary N) is 1. The number of rotatable bonds is 11. The molecule has 1 atom stereocenters. The summed E-state index contributed by atoms with van der Waals surface area (Å²) in [5, 5.41) is 3.17. The third-order valence-corrected chi connectivity index (χ3v) is 9.09. The normalized spacial score (nSPS) is 12.6. The first-order valence-corrected chi connectivity index (χ1v) is 15.5. The number of aryl methyl sites for hydroxylation is 1. The van der Waals surface area contributed by atoms with Gasteiger partial charge < -0.3 is 10.2 Å². The van der Waals surface area contributed by atoms with Crippen LogP contribution < -0.4 is 9.62 Å². The molecule has 3 rings (SSSR count). The molecule has 2 amide bonds. The highest BCUT2D eigenvalue weighted by atomic mass is 35.5. The van der Waals surface area contributed by atoms with Gasteiger partial charge in [-0.1, -0.05) is 66.9 Å². The molecule has 1 N–H and O–H groups in total. The predicted molar refractivity (Wildman–Crippen MR) is 161 cm³/mol. The van der Waals surface area contributed by atoms with Gasteiger partial charge >= 0.3 is 6.18 Å². The summed E-state index contributed by atoms with van der Waals surface area (Å²) in [5.41, 5.74) is -0.404. The van der Waals surface area contributed by atoms with Crippen LogP contribution in [0.1, 0.15) is 37.5 Å². The van der Waals surface area contributed by atoms with Gasteiger partial charge in [-0.25, -0.2) is 8.42 Å². The predicted octanol–water partition coefficient (Wildman–Crippen LogP) is 6.71. The van der Waals surface area contributed by atoms with Crippen molar-refractivity contribution in [3.63, 3.8) is 0 Å². The zero-order chi connectivity index (χ0) is 32.1. The molecule has 0 saturated heterocycles. The number of hydrogen-bond donors (Lipinski definition) is 1. The Morgan fingerprint density at radius 1 is 0.930 bits per heavy atom. The fraction of sp³-hybridized carbons (Fsp3) is 0.333. The monoisotopic (exact) mass is 657 g/mol. The highest BCUT2D eigenvalue weighted by Crippen LogP contribution is 2.34. The highest BCUT2D eigenvalue weighted by Gasteiger charge is 2.35. The van der Waals surface area contributed by atoms with Crippen molar-refractivity contribution in [2.24, 2.45) is 5.92 Å². The fourth-order valence-corrected chi connectivity index (χ4v) is 6.02. The summed E-state index contributed by atoms with van der Waals surface area (Å²) in [6.07, 6.45) is -4.77. The van der Waals surface area contributed by atoms with Gasteiger partial charge in [0.2, 0.25) is 11.8 Å². The van der Waals surface area contributed by atoms with E-state index in [4.69, 9.17) is 23.2 Å². The molecule has 0 bridgehead atoms. The van der Waals surface area contributed by atoms with Crippen molar-refractivity contribution in [3.8, 4) is 0 Å². The van der Waals surface area contributed by atoms with Crippen LogP contribution >= 0.6 is 23.2 Å². The second-order valence-corrected chi connectivity index (χ2v) is 13.1. The van der Waals surface area contributed by atoms with E-state index < -0.39 is 46.2 Å². The summed E-state index contributed by atoms with van der Waals surface area (Å²) in [6, 6.07) is 12.9. The van der Waals surface area contributed by atoms with Crippen molar-refractivity contribution in [2.45, 2.75) is 51.4 Å². The Balaban J connectivity index is 2.11. The van der Waals surface area contributed by atoms with Crippen molar-refractivity contribution in [3.05, 3.63) is 93.5 Å². The molecule has 0 aliphatic carbocycles. The number of sulfonamides is 1. The summed E-state index contributed by atoms with van der Waals surface area (Å²) < 4.78 is 69.2. The first-order valence-electron chi connectivity index (χ1n) is 13.3. The molecule has 0 aliphatic rings. The molecule has 13 heteroatoms. The van der Waals surface area contributed by atoms with Crippen LogP contribution in [-0.2, 0) is 32.3 Å². The molecule has 0 spiro atoms. The lowest BCUT2D eigenvalue weighted by Gasteiger charge is -2.32. The van der Waals surface area contributed by atoms with E-state index in [1.54, 1.807) is 25.1 Å². The van der Waals surface area contributed by atoms with Gasteiger partial charge in [-0.15, -0.1) is 0 Å². The van der Waals surface area contributed by atoms with E-state index >= 15 is 0 Å². The van der Waals surface area contributed by atoms with Crippen LogP contribution in [0, 0.1) is 12.8 Å². The number of carbonyl (C=O) groups excluding carboxylic acids is 2. The topological polar surface area (TPSA) is 86.8 Å². The molecule has 7 nitrogen and oxygen atoms in total. The number of alkyl halides is 3. The minimum absolute atomic E-state index is 0.106. The summed E-state index contributed by atoms with van der Waals surface area (Å²) in [6.45, 7) is 6.11. The van der Waals surface area contributed by atoms with Crippen molar-refractivity contribution < 1.29 is 31.2 Å². The van der Waals surface area contributed by atoms with Crippen LogP contribution in [0.2, 0.25) is 10.0 Å². The Labute approximate surface area is 259 Å². The van der Waals surface area contributed by atoms with Crippen molar-refractivity contribution in [1.82, 2.24) is 10.2 Å². The molecular weight excluding hydrogens is 626 g/mol. The van der Waals surface area contributed by atoms with E-state index in [9.17, 15) is 31.2 Å². The number of halogens is 5. The minimum atomic E-state index is -4.77. The molecule has 3 aromatic carbocycles. The smallest absolute Gasteiger partial charge is 0.354 e. The van der Waals surface area contributed by atoms with Crippen LogP contribution in [0.25, 0.3) is 0 Å². The highest BCUT2D eigenvalue weighted by molar-refractivity contribution is 7.92. The SMILES string of the molecule is Cc1ccc(S(=O)(=O)N(CC(=O)N(Cc2c(Cl)cccc2Cl)[C@H](C)C(=O)NCC(C)C)c2cccc(C(F)(F)F)c2)cc1. The Morgan fingerprint density at radius 2 is 1.51 bits per heavy atom. The first-order chi connectivity index (χ1) is 20.0. The molecule has 232 valence electrons. The first kappa shape index (κ1) is 34.2. The van der Waals surface area contributed by atoms with E-state index in [-0.39, 0.29) is 33.1 Å². The van der Waals surface area contributed by atoms with Gasteiger partial charge in [-0.05, 0) is 62.2 Å². The quantitative estimate of drug-likeness (QED) is 0.248. The maximum atomic E-state index is 14.0. The number of anilines is 1. The van der Waals surface area contributed by atoms with E-state index in [1.165, 1.54) is 37.3 Å². The Hall–Kier alpha value is -3.28. The molecule has 0 unspecified atom stereocenters. The number of nitrogens with zero attached hydrogens (tertiary/aromatic N) is 2. The lowest BCUT2D eigenvalue weighted by atomic mass is 10.1. The minimum Gasteiger partial charge on any atom is -0.354 e. The molecule has 3 aromatic rings. The molecule has 0 fully saturated rings. The second-order valence-electron chi connectivity index (χ2n) is 10.4. The summed E-state index contributed by atoms with van der Waals surface area (Å²) in [4.78, 5) is 27.9. The van der Waals surface area contributed by atoms with Crippen LogP contribution in [-0.4, -0.2) is 44.3 Å². The lowest BCUT2D eigenvalue weighted by molar-refractivity contribution is -0.139. The second kappa shape index (κ2) is 14.0. The van der Waals surface area contributed by atoms with Crippen molar-refractivity contribution in [1.29, 1.82) is 0 Å². The third kappa shape index (κ3) is 8.64. The summed E-state index contributed by atoms with van der Waals surface area (Å²) in [5.74, 6) is -1.28. The number of carbonyl (C=O) groups is 2. The molecule has 0 saturated carbocycles. The molecule has 0 aromatic heterocycles. The van der Waals surface area contributed by atoms with E-state index in [0.717, 1.165) is 22.6 Å². The number of hydrogen-bond acceptors (Lipinski definition) is 4. The van der Waals surface area contributed by atoms with Crippen LogP contribution in [0.15, 0.2) is 71.6 Å². The Morgan fingerprint density at radius 3 is 2.07 bits per heavy atom. The standard InChI is InChI=1S/C30H32Cl2F3N3O4S/c1-19(2)16-36-29(40)21(4)37(17-25-26(31)9-6-10-27(25)32)28(39)18-38(23-8-5-7-22(15-23)30(33,34)35)43(41,42)24-13-11-20(3)12-14-24/h5-15,19,21H,16-18H2,1-4H3,(H,36,40)/t21-/m1/s1. The maximum Gasteiger partial charge on any atom is 0.416 e. The van der Waals surface area contributed by atoms with Crippen molar-refractivity contribution >= 4 is 50.7 Å². The largest absolute Gasteiger partial charge is 0.416 e. The zero-order valence-corrected chi connectivity index (χ0v) is 26.3. The Bertz CT molecular complexity index is 1550. The van der Waals surface area contributed by atoms with Crippen molar-refractivity contribution in [2.75, 3.05) is 17.4 Å². The van der Waals surface area contributed by atoms with Gasteiger partial charge in [-0.2, -0.15) is 13.2 Å². The molecule has 0 aliphatic heterocycles. The lowest BCUT2D eigenvalue weighted by Crippen LogP contribution is -2.51. The average molecular weight is 659 g/mol. The maximum absolute atomic E-state index is 14.0. The van der Waals surface area contributed by atoms with Gasteiger partial charge in [0.05, 0.1) is 16.1 Å². The molecule has 0 radical (unpaired) electrons. The van der Waals surface area contributed by atoms with Crippen LogP contribution in [0.3, 0.4) is 0 Å². The third-order valence-electron chi connectivity index (χ3n) is 6.59.